The minimum atomic E-state index is 0.464. The number of methoxy groups -OCH3 is 1. The van der Waals surface area contributed by atoms with Crippen LogP contribution in [0.1, 0.15) is 12.8 Å². The number of nitrogens with zero attached hydrogens (tertiary/aromatic N) is 4. The third-order valence-electron chi connectivity index (χ3n) is 3.75. The number of piperazine rings is 1. The molecule has 98 valence electrons. The van der Waals surface area contributed by atoms with Crippen LogP contribution in [-0.2, 0) is 0 Å². The third-order valence-corrected chi connectivity index (χ3v) is 4.31. The molecule has 0 saturated carbocycles. The zero-order valence-corrected chi connectivity index (χ0v) is 12.6. The molecule has 0 N–H and O–H groups in total. The Balaban J connectivity index is 1.80. The summed E-state index contributed by atoms with van der Waals surface area (Å²) in [5.74, 6) is 0.998. The zero-order valence-electron chi connectivity index (χ0n) is 10.5. The summed E-state index contributed by atoms with van der Waals surface area (Å²) in [6, 6.07) is 3.20. The van der Waals surface area contributed by atoms with Crippen molar-refractivity contribution in [2.45, 2.75) is 18.9 Å². The highest BCUT2D eigenvalue weighted by atomic mass is 127. The molecule has 3 rings (SSSR count). The monoisotopic (exact) mass is 360 g/mol. The smallest absolute Gasteiger partial charge is 0.319 e. The van der Waals surface area contributed by atoms with E-state index in [0.29, 0.717) is 12.1 Å². The minimum absolute atomic E-state index is 0.464. The van der Waals surface area contributed by atoms with Crippen LogP contribution < -0.4 is 9.64 Å². The van der Waals surface area contributed by atoms with Crippen molar-refractivity contribution in [2.24, 2.45) is 0 Å². The fourth-order valence-corrected chi connectivity index (χ4v) is 3.32. The van der Waals surface area contributed by atoms with Gasteiger partial charge in [0.05, 0.1) is 7.11 Å². The van der Waals surface area contributed by atoms with Crippen molar-refractivity contribution >= 4 is 28.4 Å². The Morgan fingerprint density at radius 3 is 3.06 bits per heavy atom. The van der Waals surface area contributed by atoms with E-state index >= 15 is 0 Å². The van der Waals surface area contributed by atoms with Gasteiger partial charge in [-0.15, -0.1) is 0 Å². The lowest BCUT2D eigenvalue weighted by molar-refractivity contribution is 0.230. The molecule has 5 nitrogen and oxygen atoms in total. The molecule has 1 atom stereocenters. The van der Waals surface area contributed by atoms with Gasteiger partial charge in [0.15, 0.2) is 0 Å². The van der Waals surface area contributed by atoms with Crippen LogP contribution in [0.25, 0.3) is 0 Å². The lowest BCUT2D eigenvalue weighted by Gasteiger charge is -2.38. The third kappa shape index (κ3) is 2.40. The first-order valence-corrected chi connectivity index (χ1v) is 7.42. The van der Waals surface area contributed by atoms with E-state index in [1.54, 1.807) is 7.11 Å². The van der Waals surface area contributed by atoms with Gasteiger partial charge in [0.1, 0.15) is 9.52 Å². The molecule has 2 fully saturated rings. The molecule has 18 heavy (non-hydrogen) atoms. The quantitative estimate of drug-likeness (QED) is 0.589. The summed E-state index contributed by atoms with van der Waals surface area (Å²) >= 11 is 2.21. The molecule has 0 spiro atoms. The van der Waals surface area contributed by atoms with E-state index in [2.05, 4.69) is 42.4 Å². The SMILES string of the molecule is COc1nc(I)cc(N2CCN3CCCC3C2)n1. The van der Waals surface area contributed by atoms with E-state index in [1.807, 2.05) is 6.07 Å². The molecule has 0 aromatic carbocycles. The number of hydrogen-bond acceptors (Lipinski definition) is 5. The summed E-state index contributed by atoms with van der Waals surface area (Å²) < 4.78 is 6.08. The van der Waals surface area contributed by atoms with E-state index < -0.39 is 0 Å². The van der Waals surface area contributed by atoms with E-state index in [1.165, 1.54) is 19.4 Å². The standard InChI is InChI=1S/C12H17IN4O/c1-18-12-14-10(13)7-11(15-12)17-6-5-16-4-2-3-9(16)8-17/h7,9H,2-6,8H2,1H3. The van der Waals surface area contributed by atoms with Crippen LogP contribution >= 0.6 is 22.6 Å². The van der Waals surface area contributed by atoms with Crippen molar-refractivity contribution in [2.75, 3.05) is 38.2 Å². The van der Waals surface area contributed by atoms with Crippen molar-refractivity contribution in [1.29, 1.82) is 0 Å². The van der Waals surface area contributed by atoms with Crippen molar-refractivity contribution in [3.8, 4) is 6.01 Å². The molecule has 1 aromatic heterocycles. The summed E-state index contributed by atoms with van der Waals surface area (Å²) in [5, 5.41) is 0. The van der Waals surface area contributed by atoms with Crippen LogP contribution in [0.15, 0.2) is 6.07 Å². The average molecular weight is 360 g/mol. The number of fused-ring (bicyclic) bond motifs is 1. The Morgan fingerprint density at radius 1 is 1.33 bits per heavy atom. The number of hydrogen-bond donors (Lipinski definition) is 0. The maximum atomic E-state index is 5.15. The van der Waals surface area contributed by atoms with Crippen LogP contribution in [-0.4, -0.2) is 54.2 Å². The normalized spacial score (nSPS) is 24.1. The van der Waals surface area contributed by atoms with Crippen LogP contribution in [0.4, 0.5) is 5.82 Å². The Kier molecular flexibility index (Phi) is 3.56. The van der Waals surface area contributed by atoms with E-state index in [0.717, 1.165) is 29.2 Å². The second kappa shape index (κ2) is 5.16. The fraction of sp³-hybridized carbons (Fsp3) is 0.667. The van der Waals surface area contributed by atoms with Gasteiger partial charge in [-0.05, 0) is 42.0 Å². The summed E-state index contributed by atoms with van der Waals surface area (Å²) in [6.45, 7) is 4.54. The number of anilines is 1. The van der Waals surface area contributed by atoms with E-state index in [-0.39, 0.29) is 0 Å². The molecule has 2 saturated heterocycles. The topological polar surface area (TPSA) is 41.5 Å². The van der Waals surface area contributed by atoms with Gasteiger partial charge in [-0.25, -0.2) is 0 Å². The van der Waals surface area contributed by atoms with Crippen LogP contribution in [0.5, 0.6) is 6.01 Å². The lowest BCUT2D eigenvalue weighted by Crippen LogP contribution is -2.50. The molecule has 1 unspecified atom stereocenters. The van der Waals surface area contributed by atoms with Crippen molar-refractivity contribution < 1.29 is 4.74 Å². The lowest BCUT2D eigenvalue weighted by atomic mass is 10.1. The van der Waals surface area contributed by atoms with Crippen molar-refractivity contribution in [1.82, 2.24) is 14.9 Å². The minimum Gasteiger partial charge on any atom is -0.467 e. The molecule has 2 aliphatic rings. The first kappa shape index (κ1) is 12.4. The molecular formula is C12H17IN4O. The van der Waals surface area contributed by atoms with Gasteiger partial charge in [0.2, 0.25) is 0 Å². The number of halogens is 1. The van der Waals surface area contributed by atoms with Gasteiger partial charge in [-0.3, -0.25) is 4.90 Å². The highest BCUT2D eigenvalue weighted by Crippen LogP contribution is 2.25. The molecule has 1 aromatic rings. The summed E-state index contributed by atoms with van der Waals surface area (Å²) in [7, 11) is 1.62. The summed E-state index contributed by atoms with van der Waals surface area (Å²) in [5.41, 5.74) is 0. The number of aromatic nitrogens is 2. The van der Waals surface area contributed by atoms with Gasteiger partial charge < -0.3 is 9.64 Å². The number of rotatable bonds is 2. The molecule has 0 radical (unpaired) electrons. The van der Waals surface area contributed by atoms with Gasteiger partial charge in [-0.1, -0.05) is 0 Å². The second-order valence-electron chi connectivity index (χ2n) is 4.81. The van der Waals surface area contributed by atoms with Gasteiger partial charge in [-0.2, -0.15) is 9.97 Å². The highest BCUT2D eigenvalue weighted by Gasteiger charge is 2.31. The van der Waals surface area contributed by atoms with Crippen LogP contribution in [0, 0.1) is 3.70 Å². The van der Waals surface area contributed by atoms with E-state index in [9.17, 15) is 0 Å². The Morgan fingerprint density at radius 2 is 2.22 bits per heavy atom. The van der Waals surface area contributed by atoms with Crippen molar-refractivity contribution in [3.05, 3.63) is 9.77 Å². The largest absolute Gasteiger partial charge is 0.467 e. The highest BCUT2D eigenvalue weighted by molar-refractivity contribution is 14.1. The van der Waals surface area contributed by atoms with Gasteiger partial charge >= 0.3 is 6.01 Å². The second-order valence-corrected chi connectivity index (χ2v) is 5.92. The maximum Gasteiger partial charge on any atom is 0.319 e. The van der Waals surface area contributed by atoms with Gasteiger partial charge in [0, 0.05) is 31.7 Å². The molecular weight excluding hydrogens is 343 g/mol. The fourth-order valence-electron chi connectivity index (χ4n) is 2.84. The first-order valence-electron chi connectivity index (χ1n) is 6.34. The summed E-state index contributed by atoms with van der Waals surface area (Å²) in [6.07, 6.45) is 2.65. The van der Waals surface area contributed by atoms with E-state index in [4.69, 9.17) is 4.74 Å². The Bertz CT molecular complexity index is 442. The Hall–Kier alpha value is -0.630. The zero-order chi connectivity index (χ0) is 12.5. The first-order chi connectivity index (χ1) is 8.76. The maximum absolute atomic E-state index is 5.15. The molecule has 2 aliphatic heterocycles. The predicted molar refractivity (Wildman–Crippen MR) is 78.1 cm³/mol. The molecule has 0 amide bonds. The molecule has 0 aliphatic carbocycles. The summed E-state index contributed by atoms with van der Waals surface area (Å²) in [4.78, 5) is 13.6. The molecule has 0 bridgehead atoms. The number of ether oxygens (including phenoxy) is 1. The Labute approximate surface area is 121 Å². The molecule has 6 heteroatoms. The predicted octanol–water partition coefficient (Wildman–Crippen LogP) is 1.37. The molecule has 3 heterocycles. The van der Waals surface area contributed by atoms with Crippen molar-refractivity contribution in [3.63, 3.8) is 0 Å². The average Bonchev–Trinajstić information content (AvgIpc) is 2.85. The van der Waals surface area contributed by atoms with Crippen LogP contribution in [0.3, 0.4) is 0 Å². The van der Waals surface area contributed by atoms with Crippen LogP contribution in [0.2, 0.25) is 0 Å². The van der Waals surface area contributed by atoms with Gasteiger partial charge in [0.25, 0.3) is 0 Å².